The van der Waals surface area contributed by atoms with Gasteiger partial charge in [-0.05, 0) is 48.5 Å². The number of hydrogen-bond donors (Lipinski definition) is 1. The van der Waals surface area contributed by atoms with Crippen LogP contribution in [-0.4, -0.2) is 17.9 Å². The van der Waals surface area contributed by atoms with Crippen LogP contribution >= 0.6 is 0 Å². The summed E-state index contributed by atoms with van der Waals surface area (Å²) in [5, 5.41) is 2.68. The highest BCUT2D eigenvalue weighted by atomic mass is 19.1. The average molecular weight is 321 g/mol. The Labute approximate surface area is 139 Å². The van der Waals surface area contributed by atoms with E-state index in [9.17, 15) is 9.18 Å². The van der Waals surface area contributed by atoms with Crippen molar-refractivity contribution in [3.05, 3.63) is 84.4 Å². The number of hydrogen-bond acceptors (Lipinski definition) is 3. The molecule has 0 bridgehead atoms. The molecule has 120 valence electrons. The Hall–Kier alpha value is -3.21. The van der Waals surface area contributed by atoms with E-state index in [0.717, 1.165) is 11.4 Å². The summed E-state index contributed by atoms with van der Waals surface area (Å²) >= 11 is 0. The lowest BCUT2D eigenvalue weighted by Gasteiger charge is -2.19. The molecule has 4 nitrogen and oxygen atoms in total. The number of amides is 1. The summed E-state index contributed by atoms with van der Waals surface area (Å²) in [4.78, 5) is 18.4. The van der Waals surface area contributed by atoms with E-state index in [1.807, 2.05) is 48.3 Å². The number of nitrogens with one attached hydrogen (secondary N) is 1. The van der Waals surface area contributed by atoms with Gasteiger partial charge in [0.1, 0.15) is 11.5 Å². The molecule has 1 amide bonds. The summed E-state index contributed by atoms with van der Waals surface area (Å²) in [6, 6.07) is 19.0. The quantitative estimate of drug-likeness (QED) is 0.782. The molecule has 0 aliphatic carbocycles. The fourth-order valence-corrected chi connectivity index (χ4v) is 2.25. The third-order valence-electron chi connectivity index (χ3n) is 3.61. The van der Waals surface area contributed by atoms with Crippen molar-refractivity contribution in [1.29, 1.82) is 0 Å². The number of halogens is 1. The first-order valence-corrected chi connectivity index (χ1v) is 7.45. The van der Waals surface area contributed by atoms with Gasteiger partial charge in [0, 0.05) is 18.4 Å². The van der Waals surface area contributed by atoms with Gasteiger partial charge < -0.3 is 10.2 Å². The Bertz CT molecular complexity index is 817. The highest BCUT2D eigenvalue weighted by Crippen LogP contribution is 2.22. The van der Waals surface area contributed by atoms with Crippen LogP contribution < -0.4 is 10.2 Å². The summed E-state index contributed by atoms with van der Waals surface area (Å²) < 4.78 is 12.9. The van der Waals surface area contributed by atoms with E-state index in [2.05, 4.69) is 10.3 Å². The standard InChI is InChI=1S/C19H16FN3O/c1-23(16-5-3-2-4-6-16)17-11-12-18(21-13-17)19(24)22-15-9-7-14(20)8-10-15/h2-13H,1H3,(H,22,24). The van der Waals surface area contributed by atoms with Gasteiger partial charge >= 0.3 is 0 Å². The van der Waals surface area contributed by atoms with Gasteiger partial charge in [-0.2, -0.15) is 0 Å². The molecule has 1 aromatic heterocycles. The van der Waals surface area contributed by atoms with Crippen molar-refractivity contribution in [2.24, 2.45) is 0 Å². The minimum atomic E-state index is -0.348. The number of nitrogens with zero attached hydrogens (tertiary/aromatic N) is 2. The fourth-order valence-electron chi connectivity index (χ4n) is 2.25. The second kappa shape index (κ2) is 6.91. The van der Waals surface area contributed by atoms with Crippen LogP contribution in [0.15, 0.2) is 72.9 Å². The molecule has 24 heavy (non-hydrogen) atoms. The smallest absolute Gasteiger partial charge is 0.274 e. The first-order valence-electron chi connectivity index (χ1n) is 7.45. The Morgan fingerprint density at radius 3 is 2.29 bits per heavy atom. The van der Waals surface area contributed by atoms with E-state index in [-0.39, 0.29) is 11.7 Å². The third-order valence-corrected chi connectivity index (χ3v) is 3.61. The van der Waals surface area contributed by atoms with Gasteiger partial charge in [-0.3, -0.25) is 4.79 Å². The predicted octanol–water partition coefficient (Wildman–Crippen LogP) is 4.24. The zero-order valence-corrected chi connectivity index (χ0v) is 13.1. The highest BCUT2D eigenvalue weighted by Gasteiger charge is 2.09. The van der Waals surface area contributed by atoms with Crippen LogP contribution in [-0.2, 0) is 0 Å². The molecule has 0 saturated carbocycles. The van der Waals surface area contributed by atoms with E-state index < -0.39 is 0 Å². The van der Waals surface area contributed by atoms with Crippen molar-refractivity contribution in [2.45, 2.75) is 0 Å². The van der Waals surface area contributed by atoms with Crippen LogP contribution in [0.3, 0.4) is 0 Å². The lowest BCUT2D eigenvalue weighted by atomic mass is 10.2. The second-order valence-corrected chi connectivity index (χ2v) is 5.26. The maximum Gasteiger partial charge on any atom is 0.274 e. The van der Waals surface area contributed by atoms with Crippen LogP contribution in [0.5, 0.6) is 0 Å². The number of pyridine rings is 1. The summed E-state index contributed by atoms with van der Waals surface area (Å²) in [5.74, 6) is -0.685. The summed E-state index contributed by atoms with van der Waals surface area (Å²) in [7, 11) is 1.94. The molecule has 2 aromatic carbocycles. The van der Waals surface area contributed by atoms with Crippen LogP contribution in [0.1, 0.15) is 10.5 Å². The zero-order chi connectivity index (χ0) is 16.9. The van der Waals surface area contributed by atoms with Crippen molar-refractivity contribution in [3.8, 4) is 0 Å². The first kappa shape index (κ1) is 15.7. The molecule has 1 heterocycles. The molecule has 3 aromatic rings. The van der Waals surface area contributed by atoms with Crippen LogP contribution in [0, 0.1) is 5.82 Å². The van der Waals surface area contributed by atoms with Crippen LogP contribution in [0.4, 0.5) is 21.5 Å². The first-order chi connectivity index (χ1) is 11.6. The van der Waals surface area contributed by atoms with Crippen molar-refractivity contribution < 1.29 is 9.18 Å². The number of anilines is 3. The van der Waals surface area contributed by atoms with Gasteiger partial charge in [-0.1, -0.05) is 18.2 Å². The van der Waals surface area contributed by atoms with E-state index in [0.29, 0.717) is 11.4 Å². The molecule has 0 saturated heterocycles. The zero-order valence-electron chi connectivity index (χ0n) is 13.1. The molecule has 0 spiro atoms. The minimum Gasteiger partial charge on any atom is -0.343 e. The van der Waals surface area contributed by atoms with Gasteiger partial charge in [0.25, 0.3) is 5.91 Å². The van der Waals surface area contributed by atoms with Gasteiger partial charge in [0.2, 0.25) is 0 Å². The Morgan fingerprint density at radius 1 is 0.958 bits per heavy atom. The van der Waals surface area contributed by atoms with Crippen LogP contribution in [0.2, 0.25) is 0 Å². The minimum absolute atomic E-state index is 0.296. The maximum absolute atomic E-state index is 12.9. The van der Waals surface area contributed by atoms with E-state index in [1.165, 1.54) is 24.3 Å². The number of carbonyl (C=O) groups is 1. The Morgan fingerprint density at radius 2 is 1.67 bits per heavy atom. The van der Waals surface area contributed by atoms with Crippen molar-refractivity contribution >= 4 is 23.0 Å². The Kier molecular flexibility index (Phi) is 4.52. The van der Waals surface area contributed by atoms with E-state index in [1.54, 1.807) is 12.3 Å². The number of aromatic nitrogens is 1. The normalized spacial score (nSPS) is 10.2. The van der Waals surface area contributed by atoms with Gasteiger partial charge in [-0.15, -0.1) is 0 Å². The highest BCUT2D eigenvalue weighted by molar-refractivity contribution is 6.02. The molecule has 0 aliphatic heterocycles. The summed E-state index contributed by atoms with van der Waals surface area (Å²) in [5.41, 5.74) is 2.72. The largest absolute Gasteiger partial charge is 0.343 e. The molecule has 5 heteroatoms. The summed E-state index contributed by atoms with van der Waals surface area (Å²) in [6.45, 7) is 0. The lowest BCUT2D eigenvalue weighted by molar-refractivity contribution is 0.102. The van der Waals surface area contributed by atoms with Gasteiger partial charge in [0.05, 0.1) is 11.9 Å². The molecule has 0 radical (unpaired) electrons. The molecule has 0 fully saturated rings. The molecular weight excluding hydrogens is 305 g/mol. The monoisotopic (exact) mass is 321 g/mol. The summed E-state index contributed by atoms with van der Waals surface area (Å²) in [6.07, 6.45) is 1.65. The SMILES string of the molecule is CN(c1ccccc1)c1ccc(C(=O)Nc2ccc(F)cc2)nc1. The number of benzene rings is 2. The van der Waals surface area contributed by atoms with Crippen molar-refractivity contribution in [1.82, 2.24) is 4.98 Å². The topological polar surface area (TPSA) is 45.2 Å². The molecule has 0 aliphatic rings. The molecule has 1 N–H and O–H groups in total. The average Bonchev–Trinajstić information content (AvgIpc) is 2.64. The van der Waals surface area contributed by atoms with Crippen molar-refractivity contribution in [2.75, 3.05) is 17.3 Å². The fraction of sp³-hybridized carbons (Fsp3) is 0.0526. The van der Waals surface area contributed by atoms with E-state index >= 15 is 0 Å². The Balaban J connectivity index is 1.72. The molecule has 3 rings (SSSR count). The van der Waals surface area contributed by atoms with Crippen LogP contribution in [0.25, 0.3) is 0 Å². The predicted molar refractivity (Wildman–Crippen MR) is 93.1 cm³/mol. The maximum atomic E-state index is 12.9. The number of carbonyl (C=O) groups excluding carboxylic acids is 1. The number of rotatable bonds is 4. The lowest BCUT2D eigenvalue weighted by Crippen LogP contribution is -2.15. The molecule has 0 unspecified atom stereocenters. The van der Waals surface area contributed by atoms with Gasteiger partial charge in [0.15, 0.2) is 0 Å². The van der Waals surface area contributed by atoms with E-state index in [4.69, 9.17) is 0 Å². The molecular formula is C19H16FN3O. The van der Waals surface area contributed by atoms with Crippen molar-refractivity contribution in [3.63, 3.8) is 0 Å². The van der Waals surface area contributed by atoms with Gasteiger partial charge in [-0.25, -0.2) is 9.37 Å². The molecule has 0 atom stereocenters. The number of para-hydroxylation sites is 1. The second-order valence-electron chi connectivity index (χ2n) is 5.26. The third kappa shape index (κ3) is 3.57.